The van der Waals surface area contributed by atoms with Crippen molar-refractivity contribution < 1.29 is 23.1 Å². The summed E-state index contributed by atoms with van der Waals surface area (Å²) in [6.45, 7) is 0. The molecule has 1 aliphatic heterocycles. The summed E-state index contributed by atoms with van der Waals surface area (Å²) in [5, 5.41) is 13.0. The van der Waals surface area contributed by atoms with Crippen LogP contribution in [-0.4, -0.2) is 16.0 Å². The zero-order valence-corrected chi connectivity index (χ0v) is 11.5. The van der Waals surface area contributed by atoms with Gasteiger partial charge in [-0.05, 0) is 24.3 Å². The second-order valence-electron chi connectivity index (χ2n) is 4.79. The minimum absolute atomic E-state index is 0.0350. The molecule has 0 saturated heterocycles. The first kappa shape index (κ1) is 14.8. The molecule has 0 radical (unpaired) electrons. The highest BCUT2D eigenvalue weighted by Gasteiger charge is 2.48. The van der Waals surface area contributed by atoms with Gasteiger partial charge in [0.2, 0.25) is 0 Å². The number of anilines is 1. The molecule has 114 valence electrons. The largest absolute Gasteiger partial charge is 0.416 e. The molecule has 22 heavy (non-hydrogen) atoms. The van der Waals surface area contributed by atoms with Gasteiger partial charge >= 0.3 is 6.18 Å². The number of hydrogen-bond donors (Lipinski definition) is 2. The van der Waals surface area contributed by atoms with E-state index >= 15 is 0 Å². The Morgan fingerprint density at radius 1 is 1.23 bits per heavy atom. The average molecular weight is 329 g/mol. The maximum atomic E-state index is 12.7. The van der Waals surface area contributed by atoms with E-state index in [1.165, 1.54) is 18.3 Å². The minimum Gasteiger partial charge on any atom is -0.372 e. The van der Waals surface area contributed by atoms with Crippen molar-refractivity contribution >= 4 is 23.2 Å². The van der Waals surface area contributed by atoms with Gasteiger partial charge in [0.25, 0.3) is 5.91 Å². The Hall–Kier alpha value is -2.12. The predicted octanol–water partition coefficient (Wildman–Crippen LogP) is 2.94. The van der Waals surface area contributed by atoms with Crippen molar-refractivity contribution in [2.45, 2.75) is 11.8 Å². The van der Waals surface area contributed by atoms with Crippen LogP contribution in [0.5, 0.6) is 0 Å². The maximum Gasteiger partial charge on any atom is 0.416 e. The third kappa shape index (κ3) is 2.13. The maximum absolute atomic E-state index is 12.7. The van der Waals surface area contributed by atoms with E-state index in [0.717, 1.165) is 18.2 Å². The molecule has 0 saturated carbocycles. The first-order valence-electron chi connectivity index (χ1n) is 6.10. The van der Waals surface area contributed by atoms with Crippen LogP contribution in [-0.2, 0) is 16.6 Å². The molecule has 2 N–H and O–H groups in total. The number of carbonyl (C=O) groups excluding carboxylic acids is 1. The Kier molecular flexibility index (Phi) is 3.15. The van der Waals surface area contributed by atoms with E-state index in [2.05, 4.69) is 10.3 Å². The summed E-state index contributed by atoms with van der Waals surface area (Å²) in [4.78, 5) is 15.9. The lowest BCUT2D eigenvalue weighted by atomic mass is 9.88. The summed E-state index contributed by atoms with van der Waals surface area (Å²) >= 11 is 5.74. The van der Waals surface area contributed by atoms with Gasteiger partial charge in [0.1, 0.15) is 5.15 Å². The van der Waals surface area contributed by atoms with Crippen LogP contribution < -0.4 is 5.32 Å². The van der Waals surface area contributed by atoms with Gasteiger partial charge in [-0.25, -0.2) is 4.98 Å². The molecule has 0 fully saturated rings. The monoisotopic (exact) mass is 328 g/mol. The Balaban J connectivity index is 2.16. The van der Waals surface area contributed by atoms with Gasteiger partial charge in [-0.15, -0.1) is 0 Å². The zero-order chi connectivity index (χ0) is 16.1. The summed E-state index contributed by atoms with van der Waals surface area (Å²) in [7, 11) is 0. The van der Waals surface area contributed by atoms with Crippen LogP contribution >= 0.6 is 11.6 Å². The van der Waals surface area contributed by atoms with Crippen LogP contribution in [0.4, 0.5) is 18.9 Å². The van der Waals surface area contributed by atoms with Crippen LogP contribution in [0.15, 0.2) is 36.5 Å². The standard InChI is InChI=1S/C14H8ClF3N2O2/c15-11-6-7(3-4-19-11)13(22)9-2-1-8(14(16,17)18)5-10(9)20-12(13)21/h1-6,22H,(H,20,21). The average Bonchev–Trinajstić information content (AvgIpc) is 2.70. The summed E-state index contributed by atoms with van der Waals surface area (Å²) in [5.74, 6) is -0.843. The fourth-order valence-corrected chi connectivity index (χ4v) is 2.56. The molecular formula is C14H8ClF3N2O2. The molecule has 0 aliphatic carbocycles. The normalized spacial score (nSPS) is 20.7. The van der Waals surface area contributed by atoms with E-state index in [4.69, 9.17) is 11.6 Å². The van der Waals surface area contributed by atoms with Crippen LogP contribution in [0.2, 0.25) is 5.15 Å². The number of nitrogens with one attached hydrogen (secondary N) is 1. The molecule has 2 aromatic rings. The van der Waals surface area contributed by atoms with Crippen LogP contribution in [0.1, 0.15) is 16.7 Å². The van der Waals surface area contributed by atoms with Gasteiger partial charge in [-0.1, -0.05) is 17.7 Å². The first-order chi connectivity index (χ1) is 10.2. The smallest absolute Gasteiger partial charge is 0.372 e. The van der Waals surface area contributed by atoms with Gasteiger partial charge in [-0.2, -0.15) is 13.2 Å². The molecule has 2 heterocycles. The third-order valence-corrected chi connectivity index (χ3v) is 3.66. The quantitative estimate of drug-likeness (QED) is 0.791. The lowest BCUT2D eigenvalue weighted by Crippen LogP contribution is -2.35. The van der Waals surface area contributed by atoms with Crippen molar-refractivity contribution in [3.8, 4) is 0 Å². The number of aromatic nitrogens is 1. The zero-order valence-electron chi connectivity index (χ0n) is 10.8. The van der Waals surface area contributed by atoms with Crippen LogP contribution in [0, 0.1) is 0 Å². The van der Waals surface area contributed by atoms with Crippen molar-refractivity contribution in [3.63, 3.8) is 0 Å². The van der Waals surface area contributed by atoms with Crippen molar-refractivity contribution in [1.82, 2.24) is 4.98 Å². The first-order valence-corrected chi connectivity index (χ1v) is 6.48. The van der Waals surface area contributed by atoms with Crippen molar-refractivity contribution in [1.29, 1.82) is 0 Å². The number of aliphatic hydroxyl groups is 1. The van der Waals surface area contributed by atoms with E-state index in [9.17, 15) is 23.1 Å². The Morgan fingerprint density at radius 2 is 1.95 bits per heavy atom. The second kappa shape index (κ2) is 4.69. The third-order valence-electron chi connectivity index (χ3n) is 3.46. The number of benzene rings is 1. The van der Waals surface area contributed by atoms with Crippen molar-refractivity contribution in [3.05, 3.63) is 58.4 Å². The number of carbonyl (C=O) groups is 1. The number of pyridine rings is 1. The SMILES string of the molecule is O=C1Nc2cc(C(F)(F)F)ccc2C1(O)c1ccnc(Cl)c1. The second-order valence-corrected chi connectivity index (χ2v) is 5.18. The van der Waals surface area contributed by atoms with E-state index in [1.807, 2.05) is 0 Å². The number of alkyl halides is 3. The van der Waals surface area contributed by atoms with E-state index in [1.54, 1.807) is 0 Å². The lowest BCUT2D eigenvalue weighted by molar-refractivity contribution is -0.137. The highest BCUT2D eigenvalue weighted by atomic mass is 35.5. The molecule has 3 rings (SSSR count). The van der Waals surface area contributed by atoms with Crippen LogP contribution in [0.3, 0.4) is 0 Å². The predicted molar refractivity (Wildman–Crippen MR) is 72.3 cm³/mol. The summed E-state index contributed by atoms with van der Waals surface area (Å²) in [6.07, 6.45) is -3.24. The Bertz CT molecular complexity index is 779. The van der Waals surface area contributed by atoms with E-state index in [-0.39, 0.29) is 22.0 Å². The summed E-state index contributed by atoms with van der Waals surface area (Å²) in [6, 6.07) is 5.33. The molecule has 8 heteroatoms. The van der Waals surface area contributed by atoms with Gasteiger partial charge in [-0.3, -0.25) is 4.79 Å². The molecular weight excluding hydrogens is 321 g/mol. The lowest BCUT2D eigenvalue weighted by Gasteiger charge is -2.21. The van der Waals surface area contributed by atoms with Crippen LogP contribution in [0.25, 0.3) is 0 Å². The van der Waals surface area contributed by atoms with Gasteiger partial charge in [0.05, 0.1) is 5.56 Å². The van der Waals surface area contributed by atoms with Gasteiger partial charge < -0.3 is 10.4 Å². The molecule has 1 amide bonds. The molecule has 1 aliphatic rings. The van der Waals surface area contributed by atoms with Gasteiger partial charge in [0, 0.05) is 23.0 Å². The number of hydrogen-bond acceptors (Lipinski definition) is 3. The molecule has 0 spiro atoms. The molecule has 1 unspecified atom stereocenters. The minimum atomic E-state index is -4.54. The molecule has 1 aromatic heterocycles. The van der Waals surface area contributed by atoms with Crippen molar-refractivity contribution in [2.75, 3.05) is 5.32 Å². The molecule has 1 atom stereocenters. The summed E-state index contributed by atoms with van der Waals surface area (Å²) < 4.78 is 38.2. The van der Waals surface area contributed by atoms with Crippen molar-refractivity contribution in [2.24, 2.45) is 0 Å². The number of amides is 1. The summed E-state index contributed by atoms with van der Waals surface area (Å²) in [5.41, 5.74) is -2.94. The van der Waals surface area contributed by atoms with Gasteiger partial charge in [0.15, 0.2) is 5.60 Å². The highest BCUT2D eigenvalue weighted by molar-refractivity contribution is 6.29. The number of halogens is 4. The number of nitrogens with zero attached hydrogens (tertiary/aromatic N) is 1. The fraction of sp³-hybridized carbons (Fsp3) is 0.143. The fourth-order valence-electron chi connectivity index (χ4n) is 2.39. The van der Waals surface area contributed by atoms with E-state index < -0.39 is 23.2 Å². The molecule has 0 bridgehead atoms. The van der Waals surface area contributed by atoms with E-state index in [0.29, 0.717) is 0 Å². The molecule has 1 aromatic carbocycles. The highest BCUT2D eigenvalue weighted by Crippen LogP contribution is 2.43. The Labute approximate surface area is 127 Å². The Morgan fingerprint density at radius 3 is 2.59 bits per heavy atom. The molecule has 4 nitrogen and oxygen atoms in total. The number of fused-ring (bicyclic) bond motifs is 1. The topological polar surface area (TPSA) is 62.2 Å². The number of rotatable bonds is 1.